The number of H-pyrrole nitrogens is 1. The number of carbonyl (C=O) groups is 1. The van der Waals surface area contributed by atoms with Crippen LogP contribution >= 0.6 is 0 Å². The standard InChI is InChI=1S/C14H15N7O/c1-9-11(14(22)21(2)3)5-4-6-12(9)16-8-10(7-15)13-17-19-20-18-13/h4-6,8,16H,1-3H3,(H,17,18,19,20). The number of rotatable bonds is 4. The topological polar surface area (TPSA) is 111 Å². The second-order valence-corrected chi connectivity index (χ2v) is 4.73. The van der Waals surface area contributed by atoms with Crippen LogP contribution in [0.15, 0.2) is 24.4 Å². The van der Waals surface area contributed by atoms with E-state index in [4.69, 9.17) is 5.26 Å². The molecule has 1 aromatic heterocycles. The second kappa shape index (κ2) is 6.49. The van der Waals surface area contributed by atoms with Crippen LogP contribution in [0.3, 0.4) is 0 Å². The van der Waals surface area contributed by atoms with Gasteiger partial charge in [0.25, 0.3) is 5.91 Å². The van der Waals surface area contributed by atoms with Gasteiger partial charge in [-0.3, -0.25) is 4.79 Å². The van der Waals surface area contributed by atoms with E-state index in [0.29, 0.717) is 5.56 Å². The van der Waals surface area contributed by atoms with Crippen molar-refractivity contribution in [2.75, 3.05) is 19.4 Å². The summed E-state index contributed by atoms with van der Waals surface area (Å²) >= 11 is 0. The number of tetrazole rings is 1. The van der Waals surface area contributed by atoms with Crippen LogP contribution in [0.5, 0.6) is 0 Å². The minimum atomic E-state index is -0.0798. The number of aromatic nitrogens is 4. The van der Waals surface area contributed by atoms with Gasteiger partial charge in [-0.05, 0) is 29.8 Å². The van der Waals surface area contributed by atoms with Crippen molar-refractivity contribution < 1.29 is 4.79 Å². The number of amides is 1. The molecule has 8 nitrogen and oxygen atoms in total. The SMILES string of the molecule is Cc1c(NC=C(C#N)c2nn[nH]n2)cccc1C(=O)N(C)C. The molecule has 0 aliphatic carbocycles. The lowest BCUT2D eigenvalue weighted by Crippen LogP contribution is -2.22. The number of carbonyl (C=O) groups excluding carboxylic acids is 1. The molecule has 1 heterocycles. The van der Waals surface area contributed by atoms with Gasteiger partial charge in [-0.25, -0.2) is 0 Å². The molecule has 0 fully saturated rings. The number of anilines is 1. The van der Waals surface area contributed by atoms with Crippen molar-refractivity contribution in [2.45, 2.75) is 6.92 Å². The van der Waals surface area contributed by atoms with E-state index >= 15 is 0 Å². The second-order valence-electron chi connectivity index (χ2n) is 4.73. The van der Waals surface area contributed by atoms with Crippen LogP contribution < -0.4 is 5.32 Å². The van der Waals surface area contributed by atoms with E-state index in [1.165, 1.54) is 11.1 Å². The number of nitrogens with one attached hydrogen (secondary N) is 2. The fraction of sp³-hybridized carbons (Fsp3) is 0.214. The van der Waals surface area contributed by atoms with Crippen LogP contribution in [0, 0.1) is 18.3 Å². The van der Waals surface area contributed by atoms with Crippen LogP contribution in [0.25, 0.3) is 5.57 Å². The van der Waals surface area contributed by atoms with Gasteiger partial charge in [-0.2, -0.15) is 10.5 Å². The number of nitriles is 1. The number of aromatic amines is 1. The number of hydrogen-bond acceptors (Lipinski definition) is 6. The first kappa shape index (κ1) is 15.2. The molecule has 0 atom stereocenters. The van der Waals surface area contributed by atoms with Crippen molar-refractivity contribution in [1.82, 2.24) is 25.5 Å². The Morgan fingerprint density at radius 1 is 1.45 bits per heavy atom. The third-order valence-corrected chi connectivity index (χ3v) is 3.05. The molecule has 0 bridgehead atoms. The molecule has 0 saturated carbocycles. The number of hydrogen-bond donors (Lipinski definition) is 2. The smallest absolute Gasteiger partial charge is 0.253 e. The number of allylic oxidation sites excluding steroid dienone is 1. The average molecular weight is 297 g/mol. The normalized spacial score (nSPS) is 10.9. The van der Waals surface area contributed by atoms with Gasteiger partial charge in [0, 0.05) is 31.5 Å². The molecule has 0 saturated heterocycles. The van der Waals surface area contributed by atoms with Crippen molar-refractivity contribution in [3.05, 3.63) is 41.4 Å². The molecule has 0 aliphatic rings. The maximum absolute atomic E-state index is 12.1. The molecule has 0 unspecified atom stereocenters. The molecule has 0 radical (unpaired) electrons. The Kier molecular flexibility index (Phi) is 4.48. The van der Waals surface area contributed by atoms with Gasteiger partial charge in [0.15, 0.2) is 0 Å². The third-order valence-electron chi connectivity index (χ3n) is 3.05. The van der Waals surface area contributed by atoms with Gasteiger partial charge in [0.2, 0.25) is 5.82 Å². The van der Waals surface area contributed by atoms with Crippen molar-refractivity contribution in [3.63, 3.8) is 0 Å². The molecule has 112 valence electrons. The summed E-state index contributed by atoms with van der Waals surface area (Å²) < 4.78 is 0. The maximum atomic E-state index is 12.1. The quantitative estimate of drug-likeness (QED) is 0.820. The summed E-state index contributed by atoms with van der Waals surface area (Å²) in [5.74, 6) is 0.122. The highest BCUT2D eigenvalue weighted by Crippen LogP contribution is 2.20. The Morgan fingerprint density at radius 3 is 2.82 bits per heavy atom. The molecule has 2 aromatic rings. The molecule has 0 spiro atoms. The van der Waals surface area contributed by atoms with Crippen LogP contribution in [-0.4, -0.2) is 45.5 Å². The Morgan fingerprint density at radius 2 is 2.23 bits per heavy atom. The zero-order chi connectivity index (χ0) is 16.1. The maximum Gasteiger partial charge on any atom is 0.253 e. The fourth-order valence-electron chi connectivity index (χ4n) is 1.84. The fourth-order valence-corrected chi connectivity index (χ4v) is 1.84. The number of nitrogens with zero attached hydrogens (tertiary/aromatic N) is 5. The number of benzene rings is 1. The predicted molar refractivity (Wildman–Crippen MR) is 80.6 cm³/mol. The van der Waals surface area contributed by atoms with Crippen molar-refractivity contribution in [1.29, 1.82) is 5.26 Å². The van der Waals surface area contributed by atoms with E-state index in [1.807, 2.05) is 19.1 Å². The average Bonchev–Trinajstić information content (AvgIpc) is 3.03. The van der Waals surface area contributed by atoms with Crippen LogP contribution in [0.1, 0.15) is 21.7 Å². The van der Waals surface area contributed by atoms with Crippen molar-refractivity contribution >= 4 is 17.2 Å². The molecule has 2 N–H and O–H groups in total. The Bertz CT molecular complexity index is 741. The first-order valence-electron chi connectivity index (χ1n) is 6.46. The first-order chi connectivity index (χ1) is 10.5. The van der Waals surface area contributed by atoms with Crippen LogP contribution in [0.2, 0.25) is 0 Å². The van der Waals surface area contributed by atoms with E-state index in [1.54, 1.807) is 26.2 Å². The van der Waals surface area contributed by atoms with E-state index < -0.39 is 0 Å². The highest BCUT2D eigenvalue weighted by molar-refractivity contribution is 5.96. The van der Waals surface area contributed by atoms with Gasteiger partial charge in [-0.1, -0.05) is 6.07 Å². The molecule has 8 heteroatoms. The van der Waals surface area contributed by atoms with Gasteiger partial charge >= 0.3 is 0 Å². The summed E-state index contributed by atoms with van der Waals surface area (Å²) in [6.07, 6.45) is 1.48. The van der Waals surface area contributed by atoms with Gasteiger partial charge < -0.3 is 10.2 Å². The molecular weight excluding hydrogens is 282 g/mol. The third kappa shape index (κ3) is 3.09. The lowest BCUT2D eigenvalue weighted by atomic mass is 10.1. The lowest BCUT2D eigenvalue weighted by Gasteiger charge is -2.14. The summed E-state index contributed by atoms with van der Waals surface area (Å²) in [6.45, 7) is 1.84. The van der Waals surface area contributed by atoms with Gasteiger partial charge in [0.1, 0.15) is 11.6 Å². The summed E-state index contributed by atoms with van der Waals surface area (Å²) in [5.41, 5.74) is 2.35. The van der Waals surface area contributed by atoms with E-state index in [-0.39, 0.29) is 17.3 Å². The van der Waals surface area contributed by atoms with E-state index in [9.17, 15) is 4.79 Å². The largest absolute Gasteiger partial charge is 0.360 e. The molecular formula is C14H15N7O. The lowest BCUT2D eigenvalue weighted by molar-refractivity contribution is 0.0827. The molecule has 0 aliphatic heterocycles. The summed E-state index contributed by atoms with van der Waals surface area (Å²) in [6, 6.07) is 7.35. The zero-order valence-electron chi connectivity index (χ0n) is 12.5. The monoisotopic (exact) mass is 297 g/mol. The Balaban J connectivity index is 2.29. The van der Waals surface area contributed by atoms with Gasteiger partial charge in [0.05, 0.1) is 0 Å². The minimum absolute atomic E-state index is 0.0798. The molecule has 1 amide bonds. The van der Waals surface area contributed by atoms with E-state index in [0.717, 1.165) is 11.3 Å². The first-order valence-corrected chi connectivity index (χ1v) is 6.46. The van der Waals surface area contributed by atoms with Crippen LogP contribution in [0.4, 0.5) is 5.69 Å². The highest BCUT2D eigenvalue weighted by Gasteiger charge is 2.13. The Labute approximate surface area is 127 Å². The molecule has 22 heavy (non-hydrogen) atoms. The summed E-state index contributed by atoms with van der Waals surface area (Å²) in [5, 5.41) is 25.3. The Hall–Kier alpha value is -3.21. The zero-order valence-corrected chi connectivity index (χ0v) is 12.5. The summed E-state index contributed by atoms with van der Waals surface area (Å²) in [7, 11) is 3.40. The van der Waals surface area contributed by atoms with Crippen molar-refractivity contribution in [2.24, 2.45) is 0 Å². The van der Waals surface area contributed by atoms with Gasteiger partial charge in [-0.15, -0.1) is 10.2 Å². The predicted octanol–water partition coefficient (Wildman–Crippen LogP) is 1.19. The van der Waals surface area contributed by atoms with E-state index in [2.05, 4.69) is 25.9 Å². The van der Waals surface area contributed by atoms with Crippen molar-refractivity contribution in [3.8, 4) is 6.07 Å². The minimum Gasteiger partial charge on any atom is -0.360 e. The highest BCUT2D eigenvalue weighted by atomic mass is 16.2. The molecule has 2 rings (SSSR count). The summed E-state index contributed by atoms with van der Waals surface area (Å²) in [4.78, 5) is 13.6. The van der Waals surface area contributed by atoms with Crippen LogP contribution in [-0.2, 0) is 0 Å². The molecule has 1 aromatic carbocycles.